The first-order chi connectivity index (χ1) is 5.02. The Kier molecular flexibility index (Phi) is 4.00. The van der Waals surface area contributed by atoms with Crippen LogP contribution in [-0.2, 0) is 9.53 Å². The summed E-state index contributed by atoms with van der Waals surface area (Å²) in [6.07, 6.45) is 3.05. The molecule has 3 nitrogen and oxygen atoms in total. The van der Waals surface area contributed by atoms with E-state index in [1.807, 2.05) is 0 Å². The van der Waals surface area contributed by atoms with Crippen LogP contribution in [0.25, 0.3) is 0 Å². The predicted octanol–water partition coefficient (Wildman–Crippen LogP) is 0.527. The zero-order valence-electron chi connectivity index (χ0n) is 7.07. The van der Waals surface area contributed by atoms with Crippen molar-refractivity contribution in [2.24, 2.45) is 0 Å². The second kappa shape index (κ2) is 4.26. The van der Waals surface area contributed by atoms with Crippen LogP contribution in [0.4, 0.5) is 0 Å². The first kappa shape index (κ1) is 10.3. The van der Waals surface area contributed by atoms with Crippen molar-refractivity contribution in [3.05, 3.63) is 12.2 Å². The van der Waals surface area contributed by atoms with E-state index in [1.54, 1.807) is 13.8 Å². The van der Waals surface area contributed by atoms with Crippen LogP contribution in [0.1, 0.15) is 13.8 Å². The maximum Gasteiger partial charge on any atom is 0.142 e. The van der Waals surface area contributed by atoms with Gasteiger partial charge >= 0.3 is 0 Å². The second-order valence-electron chi connectivity index (χ2n) is 2.83. The minimum Gasteiger partial charge on any atom is -0.387 e. The van der Waals surface area contributed by atoms with Crippen LogP contribution in [0.2, 0.25) is 0 Å². The lowest BCUT2D eigenvalue weighted by Gasteiger charge is -2.24. The summed E-state index contributed by atoms with van der Waals surface area (Å²) >= 11 is 0. The molecule has 0 radical (unpaired) electrons. The van der Waals surface area contributed by atoms with Crippen LogP contribution in [0.3, 0.4) is 0 Å². The second-order valence-corrected chi connectivity index (χ2v) is 2.83. The Balaban J connectivity index is 4.17. The number of methoxy groups -OCH3 is 1. The van der Waals surface area contributed by atoms with E-state index in [1.165, 1.54) is 19.3 Å². The van der Waals surface area contributed by atoms with E-state index in [9.17, 15) is 9.90 Å². The summed E-state index contributed by atoms with van der Waals surface area (Å²) in [4.78, 5) is 9.93. The van der Waals surface area contributed by atoms with Crippen molar-refractivity contribution in [3.8, 4) is 0 Å². The number of aldehydes is 1. The molecule has 64 valence electrons. The summed E-state index contributed by atoms with van der Waals surface area (Å²) in [5.74, 6) is 0. The smallest absolute Gasteiger partial charge is 0.142 e. The quantitative estimate of drug-likeness (QED) is 0.479. The standard InChI is InChI=1S/C8H14O3/c1-8(2,10)7(11-3)5-4-6-9/h4-7,10H,1-3H3/b5-4+. The number of hydrogen-bond acceptors (Lipinski definition) is 3. The van der Waals surface area contributed by atoms with E-state index in [-0.39, 0.29) is 0 Å². The highest BCUT2D eigenvalue weighted by molar-refractivity contribution is 5.64. The van der Waals surface area contributed by atoms with Gasteiger partial charge in [0.05, 0.1) is 5.60 Å². The highest BCUT2D eigenvalue weighted by Gasteiger charge is 2.23. The van der Waals surface area contributed by atoms with Crippen LogP contribution >= 0.6 is 0 Å². The fourth-order valence-electron chi connectivity index (χ4n) is 0.749. The molecule has 1 unspecified atom stereocenters. The third kappa shape index (κ3) is 3.91. The molecule has 0 aliphatic carbocycles. The first-order valence-corrected chi connectivity index (χ1v) is 3.39. The number of aliphatic hydroxyl groups is 1. The molecule has 0 aromatic rings. The van der Waals surface area contributed by atoms with E-state index in [4.69, 9.17) is 4.74 Å². The van der Waals surface area contributed by atoms with Gasteiger partial charge in [0.25, 0.3) is 0 Å². The number of carbonyl (C=O) groups excluding carboxylic acids is 1. The number of hydrogen-bond donors (Lipinski definition) is 1. The zero-order valence-corrected chi connectivity index (χ0v) is 7.07. The predicted molar refractivity (Wildman–Crippen MR) is 42.3 cm³/mol. The van der Waals surface area contributed by atoms with Gasteiger partial charge in [-0.15, -0.1) is 0 Å². The van der Waals surface area contributed by atoms with Crippen molar-refractivity contribution in [2.45, 2.75) is 25.6 Å². The van der Waals surface area contributed by atoms with Gasteiger partial charge < -0.3 is 9.84 Å². The van der Waals surface area contributed by atoms with E-state index < -0.39 is 11.7 Å². The molecule has 0 rings (SSSR count). The monoisotopic (exact) mass is 158 g/mol. The van der Waals surface area contributed by atoms with E-state index in [0.29, 0.717) is 6.29 Å². The van der Waals surface area contributed by atoms with Crippen molar-refractivity contribution in [1.82, 2.24) is 0 Å². The molecule has 0 fully saturated rings. The van der Waals surface area contributed by atoms with Crippen LogP contribution < -0.4 is 0 Å². The Hall–Kier alpha value is -0.670. The van der Waals surface area contributed by atoms with Gasteiger partial charge in [-0.1, -0.05) is 0 Å². The molecule has 0 aliphatic heterocycles. The minimum atomic E-state index is -0.950. The molecule has 1 N–H and O–H groups in total. The van der Waals surface area contributed by atoms with Crippen molar-refractivity contribution in [2.75, 3.05) is 7.11 Å². The molecule has 0 heterocycles. The molecular weight excluding hydrogens is 144 g/mol. The van der Waals surface area contributed by atoms with Crippen LogP contribution in [-0.4, -0.2) is 30.2 Å². The molecule has 0 saturated carbocycles. The Bertz CT molecular complexity index is 144. The van der Waals surface area contributed by atoms with Gasteiger partial charge in [-0.25, -0.2) is 0 Å². The van der Waals surface area contributed by atoms with Gasteiger partial charge in [-0.05, 0) is 26.0 Å². The Morgan fingerprint density at radius 3 is 2.36 bits per heavy atom. The normalized spacial score (nSPS) is 15.3. The molecule has 0 spiro atoms. The third-order valence-corrected chi connectivity index (χ3v) is 1.31. The van der Waals surface area contributed by atoms with Gasteiger partial charge in [0.15, 0.2) is 0 Å². The first-order valence-electron chi connectivity index (χ1n) is 3.39. The van der Waals surface area contributed by atoms with Crippen molar-refractivity contribution in [1.29, 1.82) is 0 Å². The van der Waals surface area contributed by atoms with Crippen LogP contribution in [0, 0.1) is 0 Å². The summed E-state index contributed by atoms with van der Waals surface area (Å²) < 4.78 is 4.92. The average Bonchev–Trinajstić information content (AvgIpc) is 1.87. The zero-order chi connectivity index (χ0) is 8.91. The van der Waals surface area contributed by atoms with Crippen LogP contribution in [0.5, 0.6) is 0 Å². The Morgan fingerprint density at radius 1 is 1.55 bits per heavy atom. The highest BCUT2D eigenvalue weighted by atomic mass is 16.5. The van der Waals surface area contributed by atoms with Gasteiger partial charge in [0.2, 0.25) is 0 Å². The van der Waals surface area contributed by atoms with Crippen LogP contribution in [0.15, 0.2) is 12.2 Å². The molecule has 0 aliphatic rings. The largest absolute Gasteiger partial charge is 0.387 e. The summed E-state index contributed by atoms with van der Waals surface area (Å²) in [5, 5.41) is 9.41. The highest BCUT2D eigenvalue weighted by Crippen LogP contribution is 2.12. The molecular formula is C8H14O3. The number of carbonyl (C=O) groups is 1. The molecule has 0 aromatic carbocycles. The van der Waals surface area contributed by atoms with Crippen molar-refractivity contribution < 1.29 is 14.6 Å². The number of rotatable bonds is 4. The van der Waals surface area contributed by atoms with E-state index in [0.717, 1.165) is 0 Å². The summed E-state index contributed by atoms with van der Waals surface area (Å²) in [5.41, 5.74) is -0.950. The minimum absolute atomic E-state index is 0.437. The average molecular weight is 158 g/mol. The van der Waals surface area contributed by atoms with E-state index in [2.05, 4.69) is 0 Å². The lowest BCUT2D eigenvalue weighted by atomic mass is 10.0. The van der Waals surface area contributed by atoms with Gasteiger partial charge in [0, 0.05) is 7.11 Å². The van der Waals surface area contributed by atoms with Crippen molar-refractivity contribution in [3.63, 3.8) is 0 Å². The lowest BCUT2D eigenvalue weighted by Crippen LogP contribution is -2.35. The van der Waals surface area contributed by atoms with Crippen molar-refractivity contribution >= 4 is 6.29 Å². The van der Waals surface area contributed by atoms with E-state index >= 15 is 0 Å². The number of allylic oxidation sites excluding steroid dienone is 1. The topological polar surface area (TPSA) is 46.5 Å². The lowest BCUT2D eigenvalue weighted by molar-refractivity contribution is -0.104. The fourth-order valence-corrected chi connectivity index (χ4v) is 0.749. The maximum absolute atomic E-state index is 9.93. The molecule has 0 saturated heterocycles. The third-order valence-electron chi connectivity index (χ3n) is 1.31. The van der Waals surface area contributed by atoms with Gasteiger partial charge in [-0.3, -0.25) is 4.79 Å². The molecule has 0 aromatic heterocycles. The van der Waals surface area contributed by atoms with Gasteiger partial charge in [-0.2, -0.15) is 0 Å². The molecule has 0 bridgehead atoms. The maximum atomic E-state index is 9.93. The summed E-state index contributed by atoms with van der Waals surface area (Å²) in [7, 11) is 1.48. The molecule has 11 heavy (non-hydrogen) atoms. The summed E-state index contributed by atoms with van der Waals surface area (Å²) in [6, 6.07) is 0. The molecule has 3 heteroatoms. The molecule has 1 atom stereocenters. The van der Waals surface area contributed by atoms with Gasteiger partial charge in [0.1, 0.15) is 12.4 Å². The SMILES string of the molecule is COC(/C=C/C=O)C(C)(C)O. The Labute approximate surface area is 66.7 Å². The number of ether oxygens (including phenoxy) is 1. The molecule has 0 amide bonds. The summed E-state index contributed by atoms with van der Waals surface area (Å²) in [6.45, 7) is 3.24. The Morgan fingerprint density at radius 2 is 2.09 bits per heavy atom. The fraction of sp³-hybridized carbons (Fsp3) is 0.625.